The molecule has 0 spiro atoms. The summed E-state index contributed by atoms with van der Waals surface area (Å²) in [6.45, 7) is 10.3. The molecule has 0 atom stereocenters. The molecule has 0 unspecified atom stereocenters. The largest absolute Gasteiger partial charge is 0.478 e. The summed E-state index contributed by atoms with van der Waals surface area (Å²) in [6.07, 6.45) is 12.7. The van der Waals surface area contributed by atoms with E-state index in [0.29, 0.717) is 11.1 Å². The number of rotatable bonds is 6. The molecule has 0 fully saturated rings. The van der Waals surface area contributed by atoms with Gasteiger partial charge in [0.15, 0.2) is 0 Å². The lowest BCUT2D eigenvalue weighted by molar-refractivity contribution is -0.131. The molecule has 0 radical (unpaired) electrons. The van der Waals surface area contributed by atoms with Gasteiger partial charge in [-0.15, -0.1) is 0 Å². The molecule has 0 saturated heterocycles. The molecule has 0 aromatic rings. The summed E-state index contributed by atoms with van der Waals surface area (Å²) in [6, 6.07) is 0. The van der Waals surface area contributed by atoms with Crippen molar-refractivity contribution in [3.8, 4) is 0 Å². The van der Waals surface area contributed by atoms with Crippen molar-refractivity contribution in [2.75, 3.05) is 6.61 Å². The van der Waals surface area contributed by atoms with E-state index in [1.807, 2.05) is 13.0 Å². The minimum Gasteiger partial charge on any atom is -0.478 e. The van der Waals surface area contributed by atoms with E-state index >= 15 is 0 Å². The second-order valence-corrected chi connectivity index (χ2v) is 7.19. The number of carboxylic acids is 1. The summed E-state index contributed by atoms with van der Waals surface area (Å²) >= 11 is 0. The molecule has 3 heteroatoms. The predicted molar refractivity (Wildman–Crippen MR) is 99.8 cm³/mol. The molecule has 1 aliphatic carbocycles. The highest BCUT2D eigenvalue weighted by Gasteiger charge is 2.26. The van der Waals surface area contributed by atoms with Crippen molar-refractivity contribution in [3.05, 3.63) is 58.2 Å². The van der Waals surface area contributed by atoms with Crippen LogP contribution in [0.2, 0.25) is 0 Å². The molecule has 0 bridgehead atoms. The van der Waals surface area contributed by atoms with Gasteiger partial charge in [-0.1, -0.05) is 49.3 Å². The third kappa shape index (κ3) is 5.97. The molecule has 132 valence electrons. The van der Waals surface area contributed by atoms with Crippen LogP contribution >= 0.6 is 0 Å². The highest BCUT2D eigenvalue weighted by Crippen LogP contribution is 2.40. The Kier molecular flexibility index (Phi) is 7.43. The second kappa shape index (κ2) is 8.84. The molecule has 0 heterocycles. The van der Waals surface area contributed by atoms with E-state index in [1.54, 1.807) is 13.0 Å². The van der Waals surface area contributed by atoms with Crippen LogP contribution in [0.3, 0.4) is 0 Å². The summed E-state index contributed by atoms with van der Waals surface area (Å²) in [5.74, 6) is -1.01. The van der Waals surface area contributed by atoms with E-state index < -0.39 is 5.97 Å². The summed E-state index contributed by atoms with van der Waals surface area (Å²) in [7, 11) is 0. The van der Waals surface area contributed by atoms with Crippen molar-refractivity contribution in [2.45, 2.75) is 53.9 Å². The average Bonchev–Trinajstić information content (AvgIpc) is 2.45. The molecule has 1 rings (SSSR count). The van der Waals surface area contributed by atoms with Crippen LogP contribution in [0, 0.1) is 5.41 Å². The first kappa shape index (κ1) is 20.2. The van der Waals surface area contributed by atoms with E-state index in [0.717, 1.165) is 11.6 Å². The Bertz CT molecular complexity index is 625. The van der Waals surface area contributed by atoms with E-state index in [4.69, 9.17) is 5.11 Å². The summed E-state index contributed by atoms with van der Waals surface area (Å²) < 4.78 is 0. The fourth-order valence-corrected chi connectivity index (χ4v) is 3.10. The predicted octanol–water partition coefficient (Wildman–Crippen LogP) is 4.97. The van der Waals surface area contributed by atoms with Crippen molar-refractivity contribution in [1.29, 1.82) is 0 Å². The van der Waals surface area contributed by atoms with Gasteiger partial charge in [0.2, 0.25) is 0 Å². The summed E-state index contributed by atoms with van der Waals surface area (Å²) in [5.41, 5.74) is 5.32. The lowest BCUT2D eigenvalue weighted by Gasteiger charge is -2.32. The molecule has 3 nitrogen and oxygen atoms in total. The van der Waals surface area contributed by atoms with Crippen molar-refractivity contribution >= 4 is 5.97 Å². The lowest BCUT2D eigenvalue weighted by atomic mass is 9.72. The van der Waals surface area contributed by atoms with Crippen molar-refractivity contribution < 1.29 is 15.0 Å². The van der Waals surface area contributed by atoms with Crippen LogP contribution in [0.1, 0.15) is 53.9 Å². The highest BCUT2D eigenvalue weighted by atomic mass is 16.4. The van der Waals surface area contributed by atoms with Gasteiger partial charge in [-0.25, -0.2) is 4.79 Å². The van der Waals surface area contributed by atoms with Crippen LogP contribution in [0.25, 0.3) is 0 Å². The van der Waals surface area contributed by atoms with E-state index in [2.05, 4.69) is 32.9 Å². The summed E-state index contributed by atoms with van der Waals surface area (Å²) in [5, 5.41) is 18.2. The maximum atomic E-state index is 10.7. The first-order valence-electron chi connectivity index (χ1n) is 8.45. The van der Waals surface area contributed by atoms with Gasteiger partial charge in [0.1, 0.15) is 0 Å². The molecular formula is C21H30O3. The zero-order valence-corrected chi connectivity index (χ0v) is 15.5. The monoisotopic (exact) mass is 330 g/mol. The Morgan fingerprint density at radius 3 is 2.46 bits per heavy atom. The number of carboxylic acid groups (broad SMARTS) is 1. The topological polar surface area (TPSA) is 57.5 Å². The minimum atomic E-state index is -1.01. The standard InChI is InChI=1S/C21H30O3/c1-15(8-10-18(14-22)17(3)13-20(23)24)9-11-19-16(2)7-6-12-21(19,4)5/h8-11,13,22H,6-7,12,14H2,1-5H3,(H,23,24)/b11-9+,15-8+,17-13-,18-10+. The first-order valence-corrected chi connectivity index (χ1v) is 8.45. The van der Waals surface area contributed by atoms with Crippen LogP contribution in [-0.2, 0) is 4.79 Å². The zero-order chi connectivity index (χ0) is 18.3. The van der Waals surface area contributed by atoms with E-state index in [-0.39, 0.29) is 12.0 Å². The Labute approximate surface area is 145 Å². The van der Waals surface area contributed by atoms with Gasteiger partial charge in [0.25, 0.3) is 0 Å². The number of allylic oxidation sites excluding steroid dienone is 7. The first-order chi connectivity index (χ1) is 11.2. The molecule has 1 aliphatic rings. The van der Waals surface area contributed by atoms with E-state index in [1.165, 1.54) is 30.4 Å². The molecule has 0 aromatic heterocycles. The van der Waals surface area contributed by atoms with Gasteiger partial charge in [0.05, 0.1) is 6.61 Å². The van der Waals surface area contributed by atoms with Crippen LogP contribution in [0.5, 0.6) is 0 Å². The number of aliphatic carboxylic acids is 1. The molecule has 24 heavy (non-hydrogen) atoms. The third-order valence-corrected chi connectivity index (χ3v) is 4.62. The Morgan fingerprint density at radius 2 is 1.92 bits per heavy atom. The molecule has 0 amide bonds. The molecular weight excluding hydrogens is 300 g/mol. The number of aliphatic hydroxyl groups excluding tert-OH is 1. The number of carbonyl (C=O) groups is 1. The van der Waals surface area contributed by atoms with Crippen molar-refractivity contribution in [2.24, 2.45) is 5.41 Å². The number of hydrogen-bond acceptors (Lipinski definition) is 2. The highest BCUT2D eigenvalue weighted by molar-refractivity contribution is 5.81. The van der Waals surface area contributed by atoms with Gasteiger partial charge in [-0.05, 0) is 62.2 Å². The van der Waals surface area contributed by atoms with Crippen molar-refractivity contribution in [1.82, 2.24) is 0 Å². The van der Waals surface area contributed by atoms with Crippen LogP contribution in [-0.4, -0.2) is 22.8 Å². The second-order valence-electron chi connectivity index (χ2n) is 7.19. The maximum absolute atomic E-state index is 10.7. The van der Waals surface area contributed by atoms with Crippen LogP contribution in [0.4, 0.5) is 0 Å². The Morgan fingerprint density at radius 1 is 1.25 bits per heavy atom. The van der Waals surface area contributed by atoms with Crippen LogP contribution < -0.4 is 0 Å². The average molecular weight is 330 g/mol. The van der Waals surface area contributed by atoms with Crippen LogP contribution in [0.15, 0.2) is 58.2 Å². The van der Waals surface area contributed by atoms with Gasteiger partial charge in [-0.3, -0.25) is 0 Å². The zero-order valence-electron chi connectivity index (χ0n) is 15.5. The fraction of sp³-hybridized carbons (Fsp3) is 0.476. The molecule has 2 N–H and O–H groups in total. The smallest absolute Gasteiger partial charge is 0.328 e. The quantitative estimate of drug-likeness (QED) is 0.534. The molecule has 0 saturated carbocycles. The fourth-order valence-electron chi connectivity index (χ4n) is 3.10. The Balaban J connectivity index is 2.97. The third-order valence-electron chi connectivity index (χ3n) is 4.62. The summed E-state index contributed by atoms with van der Waals surface area (Å²) in [4.78, 5) is 10.7. The van der Waals surface area contributed by atoms with E-state index in [9.17, 15) is 9.90 Å². The van der Waals surface area contributed by atoms with Gasteiger partial charge in [-0.2, -0.15) is 0 Å². The van der Waals surface area contributed by atoms with Gasteiger partial charge >= 0.3 is 5.97 Å². The maximum Gasteiger partial charge on any atom is 0.328 e. The number of hydrogen-bond donors (Lipinski definition) is 2. The van der Waals surface area contributed by atoms with Gasteiger partial charge < -0.3 is 10.2 Å². The SMILES string of the molecule is CC1=C(/C=C/C(C)=C/C=C(CO)/C(C)=C\C(=O)O)C(C)(C)CCC1. The normalized spacial score (nSPS) is 20.0. The molecule has 0 aliphatic heterocycles. The Hall–Kier alpha value is -1.87. The van der Waals surface area contributed by atoms with Crippen molar-refractivity contribution in [3.63, 3.8) is 0 Å². The molecule has 0 aromatic carbocycles. The number of aliphatic hydroxyl groups is 1. The minimum absolute atomic E-state index is 0.180. The van der Waals surface area contributed by atoms with Gasteiger partial charge in [0, 0.05) is 6.08 Å². The lowest BCUT2D eigenvalue weighted by Crippen LogP contribution is -2.19.